The molecule has 1 aliphatic rings. The van der Waals surface area contributed by atoms with Crippen molar-refractivity contribution in [1.82, 2.24) is 10.6 Å². The van der Waals surface area contributed by atoms with Crippen molar-refractivity contribution in [2.75, 3.05) is 20.2 Å². The van der Waals surface area contributed by atoms with Gasteiger partial charge >= 0.3 is 0 Å². The first kappa shape index (κ1) is 13.9. The van der Waals surface area contributed by atoms with Crippen LogP contribution in [-0.2, 0) is 11.2 Å². The third-order valence-corrected chi connectivity index (χ3v) is 3.50. The quantitative estimate of drug-likeness (QED) is 0.845. The van der Waals surface area contributed by atoms with E-state index in [0.29, 0.717) is 0 Å². The Labute approximate surface area is 114 Å². The predicted octanol–water partition coefficient (Wildman–Crippen LogP) is 1.50. The molecule has 1 atom stereocenters. The normalized spacial score (nSPS) is 19.6. The molecule has 19 heavy (non-hydrogen) atoms. The number of carbonyl (C=O) groups excluding carboxylic acids is 1. The third-order valence-electron chi connectivity index (χ3n) is 3.50. The van der Waals surface area contributed by atoms with Crippen LogP contribution in [0.15, 0.2) is 24.3 Å². The zero-order valence-electron chi connectivity index (χ0n) is 11.4. The van der Waals surface area contributed by atoms with Gasteiger partial charge in [0.2, 0.25) is 5.91 Å². The summed E-state index contributed by atoms with van der Waals surface area (Å²) in [5.41, 5.74) is 1.25. The van der Waals surface area contributed by atoms with Gasteiger partial charge in [0.1, 0.15) is 5.75 Å². The number of methoxy groups -OCH3 is 1. The molecule has 0 bridgehead atoms. The standard InChI is InChI=1S/C15H22N2O2/c1-19-13-7-5-12(6-8-13)9-11-16-14-4-2-3-10-17-15(14)18/h5-8,14,16H,2-4,9-11H2,1H3,(H,17,18). The number of rotatable bonds is 5. The molecule has 1 aromatic rings. The summed E-state index contributed by atoms with van der Waals surface area (Å²) < 4.78 is 5.13. The molecule has 104 valence electrons. The lowest BCUT2D eigenvalue weighted by Gasteiger charge is -2.15. The van der Waals surface area contributed by atoms with Crippen LogP contribution < -0.4 is 15.4 Å². The molecule has 1 fully saturated rings. The summed E-state index contributed by atoms with van der Waals surface area (Å²) in [6, 6.07) is 8.03. The molecular formula is C15H22N2O2. The van der Waals surface area contributed by atoms with E-state index in [4.69, 9.17) is 4.74 Å². The molecule has 4 heteroatoms. The van der Waals surface area contributed by atoms with E-state index in [1.807, 2.05) is 12.1 Å². The lowest BCUT2D eigenvalue weighted by molar-refractivity contribution is -0.122. The third kappa shape index (κ3) is 4.24. The summed E-state index contributed by atoms with van der Waals surface area (Å²) in [7, 11) is 1.67. The van der Waals surface area contributed by atoms with E-state index in [1.165, 1.54) is 5.56 Å². The maximum absolute atomic E-state index is 11.8. The first-order chi connectivity index (χ1) is 9.29. The average Bonchev–Trinajstić information content (AvgIpc) is 2.65. The Hall–Kier alpha value is -1.55. The number of nitrogens with one attached hydrogen (secondary N) is 2. The van der Waals surface area contributed by atoms with Crippen molar-refractivity contribution in [2.45, 2.75) is 31.7 Å². The minimum absolute atomic E-state index is 0.0271. The Morgan fingerprint density at radius 1 is 1.32 bits per heavy atom. The summed E-state index contributed by atoms with van der Waals surface area (Å²) >= 11 is 0. The number of amides is 1. The van der Waals surface area contributed by atoms with Crippen LogP contribution in [0.5, 0.6) is 5.75 Å². The van der Waals surface area contributed by atoms with E-state index in [1.54, 1.807) is 7.11 Å². The van der Waals surface area contributed by atoms with E-state index < -0.39 is 0 Å². The second kappa shape index (κ2) is 7.14. The Morgan fingerprint density at radius 3 is 2.84 bits per heavy atom. The molecule has 1 saturated heterocycles. The molecular weight excluding hydrogens is 240 g/mol. The number of hydrogen-bond donors (Lipinski definition) is 2. The van der Waals surface area contributed by atoms with Crippen molar-refractivity contribution in [3.63, 3.8) is 0 Å². The fourth-order valence-electron chi connectivity index (χ4n) is 2.32. The molecule has 1 amide bonds. The second-order valence-corrected chi connectivity index (χ2v) is 4.89. The van der Waals surface area contributed by atoms with Gasteiger partial charge in [-0.05, 0) is 49.9 Å². The van der Waals surface area contributed by atoms with Gasteiger partial charge in [0.05, 0.1) is 13.2 Å². The van der Waals surface area contributed by atoms with Crippen LogP contribution in [0, 0.1) is 0 Å². The van der Waals surface area contributed by atoms with Crippen LogP contribution in [0.4, 0.5) is 0 Å². The van der Waals surface area contributed by atoms with E-state index in [9.17, 15) is 4.79 Å². The van der Waals surface area contributed by atoms with Crippen molar-refractivity contribution >= 4 is 5.91 Å². The Balaban J connectivity index is 1.77. The fourth-order valence-corrected chi connectivity index (χ4v) is 2.32. The van der Waals surface area contributed by atoms with Gasteiger partial charge in [0, 0.05) is 6.54 Å². The lowest BCUT2D eigenvalue weighted by atomic mass is 10.1. The number of ether oxygens (including phenoxy) is 1. The monoisotopic (exact) mass is 262 g/mol. The van der Waals surface area contributed by atoms with E-state index in [0.717, 1.165) is 44.5 Å². The molecule has 1 heterocycles. The largest absolute Gasteiger partial charge is 0.497 e. The van der Waals surface area contributed by atoms with Gasteiger partial charge in [-0.2, -0.15) is 0 Å². The molecule has 0 aliphatic carbocycles. The molecule has 4 nitrogen and oxygen atoms in total. The number of benzene rings is 1. The van der Waals surface area contributed by atoms with Gasteiger partial charge in [-0.25, -0.2) is 0 Å². The maximum atomic E-state index is 11.8. The Bertz CT molecular complexity index is 403. The Morgan fingerprint density at radius 2 is 2.11 bits per heavy atom. The van der Waals surface area contributed by atoms with E-state index in [-0.39, 0.29) is 11.9 Å². The van der Waals surface area contributed by atoms with Crippen LogP contribution in [0.1, 0.15) is 24.8 Å². The highest BCUT2D eigenvalue weighted by atomic mass is 16.5. The van der Waals surface area contributed by atoms with Crippen molar-refractivity contribution in [3.05, 3.63) is 29.8 Å². The van der Waals surface area contributed by atoms with Gasteiger partial charge in [-0.15, -0.1) is 0 Å². The van der Waals surface area contributed by atoms with Crippen molar-refractivity contribution in [2.24, 2.45) is 0 Å². The summed E-state index contributed by atoms with van der Waals surface area (Å²) in [5, 5.41) is 6.29. The molecule has 2 N–H and O–H groups in total. The first-order valence-corrected chi connectivity index (χ1v) is 6.93. The molecule has 1 aromatic carbocycles. The van der Waals surface area contributed by atoms with Crippen LogP contribution in [0.2, 0.25) is 0 Å². The minimum atomic E-state index is -0.0271. The van der Waals surface area contributed by atoms with Crippen LogP contribution in [0.3, 0.4) is 0 Å². The molecule has 2 rings (SSSR count). The highest BCUT2D eigenvalue weighted by Gasteiger charge is 2.19. The highest BCUT2D eigenvalue weighted by Crippen LogP contribution is 2.11. The summed E-state index contributed by atoms with van der Waals surface area (Å²) in [6.07, 6.45) is 4.06. The average molecular weight is 262 g/mol. The van der Waals surface area contributed by atoms with Gasteiger partial charge in [0.25, 0.3) is 0 Å². The lowest BCUT2D eigenvalue weighted by Crippen LogP contribution is -2.43. The van der Waals surface area contributed by atoms with Crippen molar-refractivity contribution in [1.29, 1.82) is 0 Å². The van der Waals surface area contributed by atoms with Gasteiger partial charge in [-0.1, -0.05) is 12.1 Å². The second-order valence-electron chi connectivity index (χ2n) is 4.89. The zero-order valence-corrected chi connectivity index (χ0v) is 11.4. The number of hydrogen-bond acceptors (Lipinski definition) is 3. The Kier molecular flexibility index (Phi) is 5.21. The van der Waals surface area contributed by atoms with Crippen molar-refractivity contribution < 1.29 is 9.53 Å². The molecule has 1 aliphatic heterocycles. The topological polar surface area (TPSA) is 50.4 Å². The SMILES string of the molecule is COc1ccc(CCNC2CCCCNC2=O)cc1. The van der Waals surface area contributed by atoms with Crippen LogP contribution in [0.25, 0.3) is 0 Å². The summed E-state index contributed by atoms with van der Waals surface area (Å²) in [4.78, 5) is 11.8. The molecule has 0 saturated carbocycles. The van der Waals surface area contributed by atoms with E-state index in [2.05, 4.69) is 22.8 Å². The zero-order chi connectivity index (χ0) is 13.5. The fraction of sp³-hybridized carbons (Fsp3) is 0.533. The van der Waals surface area contributed by atoms with Gasteiger partial charge in [0.15, 0.2) is 0 Å². The highest BCUT2D eigenvalue weighted by molar-refractivity contribution is 5.81. The first-order valence-electron chi connectivity index (χ1n) is 6.93. The van der Waals surface area contributed by atoms with E-state index >= 15 is 0 Å². The predicted molar refractivity (Wildman–Crippen MR) is 75.3 cm³/mol. The van der Waals surface area contributed by atoms with Crippen molar-refractivity contribution in [3.8, 4) is 5.75 Å². The summed E-state index contributed by atoms with van der Waals surface area (Å²) in [5.74, 6) is 1.02. The summed E-state index contributed by atoms with van der Waals surface area (Å²) in [6.45, 7) is 1.64. The van der Waals surface area contributed by atoms with Gasteiger partial charge in [-0.3, -0.25) is 4.79 Å². The molecule has 0 spiro atoms. The molecule has 0 radical (unpaired) electrons. The van der Waals surface area contributed by atoms with Gasteiger partial charge < -0.3 is 15.4 Å². The minimum Gasteiger partial charge on any atom is -0.497 e. The van der Waals surface area contributed by atoms with Crippen LogP contribution >= 0.6 is 0 Å². The molecule has 0 aromatic heterocycles. The smallest absolute Gasteiger partial charge is 0.237 e. The number of carbonyl (C=O) groups is 1. The molecule has 1 unspecified atom stereocenters. The maximum Gasteiger partial charge on any atom is 0.237 e. The van der Waals surface area contributed by atoms with Crippen LogP contribution in [-0.4, -0.2) is 32.1 Å².